The van der Waals surface area contributed by atoms with Crippen molar-refractivity contribution in [1.82, 2.24) is 0 Å². The third-order valence-electron chi connectivity index (χ3n) is 5.93. The molecule has 2 aromatic carbocycles. The zero-order chi connectivity index (χ0) is 21.1. The van der Waals surface area contributed by atoms with E-state index in [2.05, 4.69) is 89.2 Å². The van der Waals surface area contributed by atoms with E-state index >= 15 is 0 Å². The van der Waals surface area contributed by atoms with Gasteiger partial charge in [0.25, 0.3) is 0 Å². The summed E-state index contributed by atoms with van der Waals surface area (Å²) in [6.45, 7) is 11.1. The maximum absolute atomic E-state index is 10.6. The number of ether oxygens (including phenoxy) is 1. The monoisotopic (exact) mass is 410 g/mol. The second-order valence-electron chi connectivity index (χ2n) is 9.44. The largest absolute Gasteiger partial charge is 0.396 e. The Morgan fingerprint density at radius 1 is 1.07 bits per heavy atom. The summed E-state index contributed by atoms with van der Waals surface area (Å²) in [7, 11) is 0. The van der Waals surface area contributed by atoms with Crippen molar-refractivity contribution in [3.63, 3.8) is 0 Å². The normalized spacial score (nSPS) is 26.1. The van der Waals surface area contributed by atoms with Crippen LogP contribution in [0.25, 0.3) is 0 Å². The summed E-state index contributed by atoms with van der Waals surface area (Å²) < 4.78 is 6.85. The molecule has 29 heavy (non-hydrogen) atoms. The van der Waals surface area contributed by atoms with Crippen LogP contribution in [-0.4, -0.2) is 23.1 Å². The zero-order valence-corrected chi connectivity index (χ0v) is 19.1. The highest BCUT2D eigenvalue weighted by atomic mass is 32.2. The van der Waals surface area contributed by atoms with Gasteiger partial charge in [-0.15, -0.1) is 11.8 Å². The Hall–Kier alpha value is -1.55. The Labute approximate surface area is 180 Å². The van der Waals surface area contributed by atoms with Gasteiger partial charge in [-0.1, -0.05) is 87.9 Å². The van der Waals surface area contributed by atoms with E-state index in [0.717, 1.165) is 6.42 Å². The molecule has 156 valence electrons. The van der Waals surface area contributed by atoms with Crippen molar-refractivity contribution in [3.8, 4) is 0 Å². The molecule has 0 bridgehead atoms. The highest BCUT2D eigenvalue weighted by Gasteiger charge is 2.47. The summed E-state index contributed by atoms with van der Waals surface area (Å²) in [6, 6.07) is 20.9. The van der Waals surface area contributed by atoms with E-state index in [1.807, 2.05) is 23.9 Å². The highest BCUT2D eigenvalue weighted by Crippen LogP contribution is 2.49. The van der Waals surface area contributed by atoms with Gasteiger partial charge in [-0.05, 0) is 36.5 Å². The van der Waals surface area contributed by atoms with Gasteiger partial charge in [-0.3, -0.25) is 0 Å². The van der Waals surface area contributed by atoms with E-state index in [0.29, 0.717) is 0 Å². The molecule has 0 aliphatic heterocycles. The second kappa shape index (κ2) is 9.07. The summed E-state index contributed by atoms with van der Waals surface area (Å²) in [5.74, 6) is 0. The molecule has 3 heteroatoms. The molecule has 1 N–H and O–H groups in total. The van der Waals surface area contributed by atoms with Crippen LogP contribution >= 0.6 is 11.8 Å². The SMILES string of the molecule is CC1=CC[C@H](O[C@@H](c2ccccc2)C(C)(C)C)[C@@](C)(CO)C1Sc1ccccc1. The molecule has 1 unspecified atom stereocenters. The van der Waals surface area contributed by atoms with E-state index in [1.54, 1.807) is 0 Å². The summed E-state index contributed by atoms with van der Waals surface area (Å²) in [5.41, 5.74) is 2.11. The smallest absolute Gasteiger partial charge is 0.0877 e. The van der Waals surface area contributed by atoms with Gasteiger partial charge < -0.3 is 9.84 Å². The first-order valence-corrected chi connectivity index (χ1v) is 11.3. The van der Waals surface area contributed by atoms with Crippen LogP contribution in [-0.2, 0) is 4.74 Å². The van der Waals surface area contributed by atoms with Gasteiger partial charge in [-0.25, -0.2) is 0 Å². The lowest BCUT2D eigenvalue weighted by Crippen LogP contribution is -2.49. The lowest BCUT2D eigenvalue weighted by molar-refractivity contribution is -0.128. The van der Waals surface area contributed by atoms with Crippen LogP contribution in [0.4, 0.5) is 0 Å². The number of hydrogen-bond acceptors (Lipinski definition) is 3. The first-order chi connectivity index (χ1) is 13.8. The molecular formula is C26H34O2S. The minimum Gasteiger partial charge on any atom is -0.396 e. The minimum absolute atomic E-state index is 0.0336. The Kier molecular flexibility index (Phi) is 6.93. The van der Waals surface area contributed by atoms with Gasteiger partial charge in [0.1, 0.15) is 0 Å². The number of benzene rings is 2. The number of rotatable bonds is 6. The molecule has 2 aromatic rings. The Morgan fingerprint density at radius 3 is 2.21 bits per heavy atom. The Bertz CT molecular complexity index is 810. The van der Waals surface area contributed by atoms with Gasteiger partial charge in [0.15, 0.2) is 0 Å². The van der Waals surface area contributed by atoms with Crippen molar-refractivity contribution in [3.05, 3.63) is 77.9 Å². The van der Waals surface area contributed by atoms with Crippen molar-refractivity contribution >= 4 is 11.8 Å². The van der Waals surface area contributed by atoms with Gasteiger partial charge >= 0.3 is 0 Å². The lowest BCUT2D eigenvalue weighted by Gasteiger charge is -2.47. The summed E-state index contributed by atoms with van der Waals surface area (Å²) in [4.78, 5) is 1.22. The van der Waals surface area contributed by atoms with Gasteiger partial charge in [-0.2, -0.15) is 0 Å². The van der Waals surface area contributed by atoms with Crippen LogP contribution in [0.3, 0.4) is 0 Å². The van der Waals surface area contributed by atoms with Crippen LogP contribution in [0, 0.1) is 10.8 Å². The van der Waals surface area contributed by atoms with Crippen molar-refractivity contribution < 1.29 is 9.84 Å². The summed E-state index contributed by atoms with van der Waals surface area (Å²) in [6.07, 6.45) is 3.04. The van der Waals surface area contributed by atoms with Crippen LogP contribution < -0.4 is 0 Å². The van der Waals surface area contributed by atoms with Crippen LogP contribution in [0.1, 0.15) is 52.7 Å². The number of aliphatic hydroxyl groups excluding tert-OH is 1. The number of hydrogen-bond donors (Lipinski definition) is 1. The first-order valence-electron chi connectivity index (χ1n) is 10.5. The maximum atomic E-state index is 10.6. The molecule has 0 heterocycles. The molecule has 4 atom stereocenters. The van der Waals surface area contributed by atoms with E-state index in [1.165, 1.54) is 16.0 Å². The second-order valence-corrected chi connectivity index (χ2v) is 10.6. The minimum atomic E-state index is -0.363. The summed E-state index contributed by atoms with van der Waals surface area (Å²) in [5, 5.41) is 10.7. The molecule has 1 aliphatic carbocycles. The third-order valence-corrected chi connectivity index (χ3v) is 7.62. The van der Waals surface area contributed by atoms with Gasteiger partial charge in [0.05, 0.1) is 18.8 Å². The van der Waals surface area contributed by atoms with Gasteiger partial charge in [0, 0.05) is 15.6 Å². The molecule has 0 radical (unpaired) electrons. The predicted molar refractivity (Wildman–Crippen MR) is 123 cm³/mol. The Balaban J connectivity index is 1.91. The van der Waals surface area contributed by atoms with Crippen molar-refractivity contribution in [2.75, 3.05) is 6.61 Å². The molecule has 0 saturated heterocycles. The fourth-order valence-corrected chi connectivity index (χ4v) is 5.56. The standard InChI is InChI=1S/C26H34O2S/c1-19-16-17-22(28-23(25(2,3)4)20-12-8-6-9-13-20)26(5,18-27)24(19)29-21-14-10-7-11-15-21/h6-16,22-24,27H,17-18H2,1-5H3/t22-,23-,24?,26+/m0/s1. The molecule has 0 aromatic heterocycles. The van der Waals surface area contributed by atoms with E-state index in [-0.39, 0.29) is 34.9 Å². The van der Waals surface area contributed by atoms with Crippen molar-refractivity contribution in [2.45, 2.75) is 63.4 Å². The average molecular weight is 411 g/mol. The predicted octanol–water partition coefficient (Wildman–Crippen LogP) is 6.67. The van der Waals surface area contributed by atoms with Crippen molar-refractivity contribution in [2.24, 2.45) is 10.8 Å². The molecule has 3 rings (SSSR count). The highest BCUT2D eigenvalue weighted by molar-refractivity contribution is 8.00. The molecule has 0 amide bonds. The number of aliphatic hydroxyl groups is 1. The first kappa shape index (κ1) is 22.1. The maximum Gasteiger partial charge on any atom is 0.0877 e. The topological polar surface area (TPSA) is 29.5 Å². The molecule has 2 nitrogen and oxygen atoms in total. The lowest BCUT2D eigenvalue weighted by atomic mass is 9.73. The Morgan fingerprint density at radius 2 is 1.66 bits per heavy atom. The fraction of sp³-hybridized carbons (Fsp3) is 0.462. The molecule has 0 saturated carbocycles. The quantitative estimate of drug-likeness (QED) is 0.539. The zero-order valence-electron chi connectivity index (χ0n) is 18.3. The van der Waals surface area contributed by atoms with E-state index in [4.69, 9.17) is 4.74 Å². The van der Waals surface area contributed by atoms with E-state index < -0.39 is 0 Å². The molecular weight excluding hydrogens is 376 g/mol. The average Bonchev–Trinajstić information content (AvgIpc) is 2.71. The number of thioether (sulfide) groups is 1. The van der Waals surface area contributed by atoms with Crippen LogP contribution in [0.5, 0.6) is 0 Å². The molecule has 0 spiro atoms. The summed E-state index contributed by atoms with van der Waals surface area (Å²) >= 11 is 1.83. The third kappa shape index (κ3) is 4.96. The van der Waals surface area contributed by atoms with Crippen molar-refractivity contribution in [1.29, 1.82) is 0 Å². The van der Waals surface area contributed by atoms with Gasteiger partial charge in [0.2, 0.25) is 0 Å². The molecule has 0 fully saturated rings. The fourth-order valence-electron chi connectivity index (χ4n) is 4.19. The molecule has 1 aliphatic rings. The van der Waals surface area contributed by atoms with Crippen LogP contribution in [0.2, 0.25) is 0 Å². The van der Waals surface area contributed by atoms with E-state index in [9.17, 15) is 5.11 Å². The van der Waals surface area contributed by atoms with Crippen LogP contribution in [0.15, 0.2) is 77.2 Å².